The molecule has 2 rings (SSSR count). The number of carbonyl (C=O) groups excluding carboxylic acids is 1. The predicted octanol–water partition coefficient (Wildman–Crippen LogP) is 2.34. The standard InChI is InChI=1S/C14H17N3O/c1-11(12-6-2-5-9-16-12)17-13(18)14(10-15)7-3-4-8-14/h2,5-6,9,11H,3-4,7-8H2,1H3,(H,17,18). The third-order valence-electron chi connectivity index (χ3n) is 3.58. The van der Waals surface area contributed by atoms with Gasteiger partial charge in [-0.25, -0.2) is 0 Å². The van der Waals surface area contributed by atoms with Gasteiger partial charge in [-0.2, -0.15) is 5.26 Å². The van der Waals surface area contributed by atoms with Crippen molar-refractivity contribution < 1.29 is 4.79 Å². The zero-order valence-corrected chi connectivity index (χ0v) is 10.5. The van der Waals surface area contributed by atoms with Crippen LogP contribution < -0.4 is 5.32 Å². The number of hydrogen-bond donors (Lipinski definition) is 1. The van der Waals surface area contributed by atoms with Crippen LogP contribution in [0.5, 0.6) is 0 Å². The second-order valence-corrected chi connectivity index (χ2v) is 4.85. The molecule has 1 unspecified atom stereocenters. The molecule has 1 atom stereocenters. The Morgan fingerprint density at radius 3 is 2.78 bits per heavy atom. The lowest BCUT2D eigenvalue weighted by molar-refractivity contribution is -0.128. The van der Waals surface area contributed by atoms with E-state index < -0.39 is 5.41 Å². The summed E-state index contributed by atoms with van der Waals surface area (Å²) in [4.78, 5) is 16.4. The molecule has 1 aliphatic carbocycles. The zero-order valence-electron chi connectivity index (χ0n) is 10.5. The van der Waals surface area contributed by atoms with Gasteiger partial charge in [0, 0.05) is 6.20 Å². The molecule has 4 heteroatoms. The summed E-state index contributed by atoms with van der Waals surface area (Å²) in [6.45, 7) is 1.89. The van der Waals surface area contributed by atoms with Gasteiger partial charge in [-0.05, 0) is 31.9 Å². The fraction of sp³-hybridized carbons (Fsp3) is 0.500. The molecule has 1 aromatic rings. The molecule has 0 aliphatic heterocycles. The minimum absolute atomic E-state index is 0.152. The SMILES string of the molecule is CC(NC(=O)C1(C#N)CCCC1)c1ccccn1. The summed E-state index contributed by atoms with van der Waals surface area (Å²) in [5, 5.41) is 12.1. The van der Waals surface area contributed by atoms with E-state index in [0.717, 1.165) is 18.5 Å². The van der Waals surface area contributed by atoms with Crippen molar-refractivity contribution in [1.82, 2.24) is 10.3 Å². The lowest BCUT2D eigenvalue weighted by Gasteiger charge is -2.22. The first-order valence-electron chi connectivity index (χ1n) is 6.31. The highest BCUT2D eigenvalue weighted by atomic mass is 16.2. The highest BCUT2D eigenvalue weighted by Crippen LogP contribution is 2.38. The minimum atomic E-state index is -0.816. The number of nitriles is 1. The largest absolute Gasteiger partial charge is 0.347 e. The third kappa shape index (κ3) is 2.35. The fourth-order valence-electron chi connectivity index (χ4n) is 2.41. The molecule has 4 nitrogen and oxygen atoms in total. The number of amides is 1. The Kier molecular flexibility index (Phi) is 3.61. The molecule has 18 heavy (non-hydrogen) atoms. The quantitative estimate of drug-likeness (QED) is 0.886. The fourth-order valence-corrected chi connectivity index (χ4v) is 2.41. The van der Waals surface area contributed by atoms with Gasteiger partial charge in [-0.15, -0.1) is 0 Å². The molecule has 1 heterocycles. The summed E-state index contributed by atoms with van der Waals surface area (Å²) in [5.74, 6) is -0.152. The number of pyridine rings is 1. The number of carbonyl (C=O) groups is 1. The van der Waals surface area contributed by atoms with Crippen LogP contribution in [-0.2, 0) is 4.79 Å². The van der Waals surface area contributed by atoms with Gasteiger partial charge in [-0.1, -0.05) is 18.9 Å². The van der Waals surface area contributed by atoms with Crippen molar-refractivity contribution in [3.05, 3.63) is 30.1 Å². The van der Waals surface area contributed by atoms with Gasteiger partial charge < -0.3 is 5.32 Å². The van der Waals surface area contributed by atoms with E-state index in [0.29, 0.717) is 12.8 Å². The van der Waals surface area contributed by atoms with Crippen molar-refractivity contribution in [2.45, 2.75) is 38.6 Å². The molecule has 0 bridgehead atoms. The Labute approximate surface area is 107 Å². The van der Waals surface area contributed by atoms with Gasteiger partial charge in [-0.3, -0.25) is 9.78 Å². The van der Waals surface area contributed by atoms with Gasteiger partial charge in [0.1, 0.15) is 5.41 Å². The molecule has 0 aromatic carbocycles. The van der Waals surface area contributed by atoms with Gasteiger partial charge in [0.2, 0.25) is 5.91 Å². The van der Waals surface area contributed by atoms with Crippen LogP contribution in [0.4, 0.5) is 0 Å². The number of rotatable bonds is 3. The van der Waals surface area contributed by atoms with E-state index in [4.69, 9.17) is 0 Å². The van der Waals surface area contributed by atoms with Gasteiger partial charge in [0.25, 0.3) is 0 Å². The first-order chi connectivity index (χ1) is 8.68. The first-order valence-corrected chi connectivity index (χ1v) is 6.31. The van der Waals surface area contributed by atoms with Crippen LogP contribution in [0.3, 0.4) is 0 Å². The van der Waals surface area contributed by atoms with E-state index in [-0.39, 0.29) is 11.9 Å². The average molecular weight is 243 g/mol. The van der Waals surface area contributed by atoms with Crippen LogP contribution in [0.25, 0.3) is 0 Å². The van der Waals surface area contributed by atoms with Gasteiger partial charge in [0.05, 0.1) is 17.8 Å². The van der Waals surface area contributed by atoms with Crippen LogP contribution in [0.15, 0.2) is 24.4 Å². The van der Waals surface area contributed by atoms with E-state index in [2.05, 4.69) is 16.4 Å². The molecule has 1 N–H and O–H groups in total. The summed E-state index contributed by atoms with van der Waals surface area (Å²) >= 11 is 0. The highest BCUT2D eigenvalue weighted by Gasteiger charge is 2.41. The smallest absolute Gasteiger partial charge is 0.241 e. The van der Waals surface area contributed by atoms with E-state index in [1.165, 1.54) is 0 Å². The minimum Gasteiger partial charge on any atom is -0.347 e. The van der Waals surface area contributed by atoms with Crippen molar-refractivity contribution >= 4 is 5.91 Å². The Morgan fingerprint density at radius 1 is 1.50 bits per heavy atom. The van der Waals surface area contributed by atoms with Crippen LogP contribution in [-0.4, -0.2) is 10.9 Å². The van der Waals surface area contributed by atoms with E-state index in [9.17, 15) is 10.1 Å². The summed E-state index contributed by atoms with van der Waals surface area (Å²) in [5.41, 5.74) is 0.000180. The van der Waals surface area contributed by atoms with Crippen molar-refractivity contribution in [2.24, 2.45) is 5.41 Å². The molecule has 1 aliphatic rings. The van der Waals surface area contributed by atoms with Crippen molar-refractivity contribution in [1.29, 1.82) is 5.26 Å². The molecular weight excluding hydrogens is 226 g/mol. The number of aromatic nitrogens is 1. The molecule has 0 saturated heterocycles. The maximum Gasteiger partial charge on any atom is 0.241 e. The summed E-state index contributed by atoms with van der Waals surface area (Å²) in [6.07, 6.45) is 4.96. The topological polar surface area (TPSA) is 65.8 Å². The Morgan fingerprint density at radius 2 is 2.22 bits per heavy atom. The molecular formula is C14H17N3O. The molecule has 94 valence electrons. The normalized spacial score (nSPS) is 18.9. The van der Waals surface area contributed by atoms with Gasteiger partial charge in [0.15, 0.2) is 0 Å². The zero-order chi connectivity index (χ0) is 13.0. The molecule has 1 aromatic heterocycles. The second-order valence-electron chi connectivity index (χ2n) is 4.85. The Hall–Kier alpha value is -1.89. The van der Waals surface area contributed by atoms with Crippen molar-refractivity contribution in [3.8, 4) is 6.07 Å². The molecule has 0 radical (unpaired) electrons. The Balaban J connectivity index is 2.06. The predicted molar refractivity (Wildman–Crippen MR) is 67.3 cm³/mol. The van der Waals surface area contributed by atoms with Crippen molar-refractivity contribution in [2.75, 3.05) is 0 Å². The van der Waals surface area contributed by atoms with Gasteiger partial charge >= 0.3 is 0 Å². The first kappa shape index (κ1) is 12.6. The average Bonchev–Trinajstić information content (AvgIpc) is 2.89. The monoisotopic (exact) mass is 243 g/mol. The van der Waals surface area contributed by atoms with E-state index in [1.54, 1.807) is 6.20 Å². The van der Waals surface area contributed by atoms with Crippen molar-refractivity contribution in [3.63, 3.8) is 0 Å². The third-order valence-corrected chi connectivity index (χ3v) is 3.58. The Bertz CT molecular complexity index is 458. The summed E-state index contributed by atoms with van der Waals surface area (Å²) < 4.78 is 0. The van der Waals surface area contributed by atoms with Crippen LogP contribution in [0, 0.1) is 16.7 Å². The van der Waals surface area contributed by atoms with E-state index >= 15 is 0 Å². The summed E-state index contributed by atoms with van der Waals surface area (Å²) in [7, 11) is 0. The molecule has 1 fully saturated rings. The molecule has 0 spiro atoms. The highest BCUT2D eigenvalue weighted by molar-refractivity contribution is 5.86. The number of nitrogens with zero attached hydrogens (tertiary/aromatic N) is 2. The molecule has 1 amide bonds. The maximum absolute atomic E-state index is 12.2. The molecule has 1 saturated carbocycles. The van der Waals surface area contributed by atoms with Crippen LogP contribution >= 0.6 is 0 Å². The number of nitrogens with one attached hydrogen (secondary N) is 1. The van der Waals surface area contributed by atoms with E-state index in [1.807, 2.05) is 25.1 Å². The number of hydrogen-bond acceptors (Lipinski definition) is 3. The summed E-state index contributed by atoms with van der Waals surface area (Å²) in [6, 6.07) is 7.64. The van der Waals surface area contributed by atoms with Crippen LogP contribution in [0.1, 0.15) is 44.3 Å². The van der Waals surface area contributed by atoms with Crippen LogP contribution in [0.2, 0.25) is 0 Å². The lowest BCUT2D eigenvalue weighted by Crippen LogP contribution is -2.39. The lowest BCUT2D eigenvalue weighted by atomic mass is 9.86. The maximum atomic E-state index is 12.2. The second kappa shape index (κ2) is 5.18.